The second-order valence-electron chi connectivity index (χ2n) is 7.20. The molecule has 2 fully saturated rings. The molecule has 0 atom stereocenters. The van der Waals surface area contributed by atoms with Crippen molar-refractivity contribution in [3.05, 3.63) is 23.8 Å². The van der Waals surface area contributed by atoms with Gasteiger partial charge in [0.1, 0.15) is 0 Å². The van der Waals surface area contributed by atoms with E-state index in [1.807, 2.05) is 13.0 Å². The van der Waals surface area contributed by atoms with Gasteiger partial charge in [-0.25, -0.2) is 0 Å². The third-order valence-corrected chi connectivity index (χ3v) is 5.48. The summed E-state index contributed by atoms with van der Waals surface area (Å²) < 4.78 is 10.8. The zero-order valence-electron chi connectivity index (χ0n) is 12.7. The van der Waals surface area contributed by atoms with Crippen LogP contribution < -0.4 is 14.8 Å². The molecule has 2 N–H and O–H groups in total. The van der Waals surface area contributed by atoms with Crippen LogP contribution >= 0.6 is 0 Å². The van der Waals surface area contributed by atoms with Crippen LogP contribution in [0.15, 0.2) is 18.2 Å². The first-order valence-corrected chi connectivity index (χ1v) is 7.88. The van der Waals surface area contributed by atoms with Gasteiger partial charge in [-0.1, -0.05) is 6.07 Å². The van der Waals surface area contributed by atoms with Crippen LogP contribution in [0, 0.1) is 5.41 Å². The molecule has 5 nitrogen and oxygen atoms in total. The lowest BCUT2D eigenvalue weighted by molar-refractivity contribution is -0.154. The Morgan fingerprint density at radius 2 is 2.05 bits per heavy atom. The van der Waals surface area contributed by atoms with E-state index in [0.29, 0.717) is 12.8 Å². The topological polar surface area (TPSA) is 67.8 Å². The van der Waals surface area contributed by atoms with Crippen LogP contribution in [0.1, 0.15) is 38.2 Å². The molecule has 0 amide bonds. The number of aliphatic carboxylic acids is 1. The van der Waals surface area contributed by atoms with E-state index in [1.165, 1.54) is 18.4 Å². The average Bonchev–Trinajstić information content (AvgIpc) is 3.11. The van der Waals surface area contributed by atoms with Crippen molar-refractivity contribution < 1.29 is 19.4 Å². The van der Waals surface area contributed by atoms with Crippen LogP contribution in [0.4, 0.5) is 0 Å². The molecule has 118 valence electrons. The highest BCUT2D eigenvalue weighted by molar-refractivity contribution is 5.75. The molecule has 0 radical (unpaired) electrons. The number of benzene rings is 1. The molecule has 2 saturated carbocycles. The van der Waals surface area contributed by atoms with E-state index in [0.717, 1.165) is 30.9 Å². The summed E-state index contributed by atoms with van der Waals surface area (Å²) in [4.78, 5) is 11.1. The lowest BCUT2D eigenvalue weighted by atomic mass is 9.67. The number of fused-ring (bicyclic) bond motifs is 1. The van der Waals surface area contributed by atoms with Crippen LogP contribution in [0.25, 0.3) is 0 Å². The SMILES string of the molecule is CC1(C(=O)O)CC(NCC2(c3ccc4c(c3)OCO4)CC2)C1. The summed E-state index contributed by atoms with van der Waals surface area (Å²) in [5, 5.41) is 12.7. The van der Waals surface area contributed by atoms with Gasteiger partial charge in [0, 0.05) is 18.0 Å². The fourth-order valence-corrected chi connectivity index (χ4v) is 3.63. The number of hydrogen-bond acceptors (Lipinski definition) is 4. The van der Waals surface area contributed by atoms with Gasteiger partial charge in [-0.15, -0.1) is 0 Å². The second-order valence-corrected chi connectivity index (χ2v) is 7.20. The van der Waals surface area contributed by atoms with Gasteiger partial charge in [0.15, 0.2) is 11.5 Å². The van der Waals surface area contributed by atoms with Crippen molar-refractivity contribution in [2.45, 2.75) is 44.1 Å². The Hall–Kier alpha value is -1.75. The molecule has 1 heterocycles. The molecule has 4 rings (SSSR count). The minimum Gasteiger partial charge on any atom is -0.481 e. The molecule has 5 heteroatoms. The fourth-order valence-electron chi connectivity index (χ4n) is 3.63. The van der Waals surface area contributed by atoms with E-state index in [-0.39, 0.29) is 5.41 Å². The molecule has 0 unspecified atom stereocenters. The van der Waals surface area contributed by atoms with E-state index < -0.39 is 11.4 Å². The number of carboxylic acid groups (broad SMARTS) is 1. The predicted octanol–water partition coefficient (Wildman–Crippen LogP) is 2.29. The van der Waals surface area contributed by atoms with Crippen molar-refractivity contribution >= 4 is 5.97 Å². The number of rotatable bonds is 5. The Kier molecular flexibility index (Phi) is 2.92. The van der Waals surface area contributed by atoms with Gasteiger partial charge in [0.05, 0.1) is 5.41 Å². The molecular formula is C17H21NO4. The summed E-state index contributed by atoms with van der Waals surface area (Å²) in [6.45, 7) is 3.05. The molecule has 3 aliphatic rings. The largest absolute Gasteiger partial charge is 0.481 e. The third-order valence-electron chi connectivity index (χ3n) is 5.48. The van der Waals surface area contributed by atoms with Gasteiger partial charge in [0.2, 0.25) is 6.79 Å². The Morgan fingerprint density at radius 3 is 2.73 bits per heavy atom. The molecule has 1 aliphatic heterocycles. The maximum atomic E-state index is 11.1. The van der Waals surface area contributed by atoms with Gasteiger partial charge in [-0.05, 0) is 50.3 Å². The van der Waals surface area contributed by atoms with Crippen molar-refractivity contribution in [2.75, 3.05) is 13.3 Å². The monoisotopic (exact) mass is 303 g/mol. The first-order chi connectivity index (χ1) is 10.5. The highest BCUT2D eigenvalue weighted by Gasteiger charge is 2.49. The highest BCUT2D eigenvalue weighted by Crippen LogP contribution is 2.50. The van der Waals surface area contributed by atoms with E-state index in [1.54, 1.807) is 0 Å². The quantitative estimate of drug-likeness (QED) is 0.873. The Bertz CT molecular complexity index is 617. The Labute approximate surface area is 129 Å². The summed E-state index contributed by atoms with van der Waals surface area (Å²) in [6.07, 6.45) is 3.78. The van der Waals surface area contributed by atoms with Gasteiger partial charge in [-0.2, -0.15) is 0 Å². The van der Waals surface area contributed by atoms with Gasteiger partial charge >= 0.3 is 5.97 Å². The minimum atomic E-state index is -0.678. The summed E-state index contributed by atoms with van der Waals surface area (Å²) in [5.74, 6) is 0.983. The van der Waals surface area contributed by atoms with Gasteiger partial charge in [0.25, 0.3) is 0 Å². The molecule has 1 aromatic carbocycles. The van der Waals surface area contributed by atoms with Crippen LogP contribution in [-0.2, 0) is 10.2 Å². The number of nitrogens with one attached hydrogen (secondary N) is 1. The average molecular weight is 303 g/mol. The lowest BCUT2D eigenvalue weighted by Crippen LogP contribution is -2.52. The molecule has 0 saturated heterocycles. The molecule has 1 aromatic rings. The van der Waals surface area contributed by atoms with Crippen molar-refractivity contribution in [3.63, 3.8) is 0 Å². The zero-order chi connectivity index (χ0) is 15.4. The van der Waals surface area contributed by atoms with Crippen LogP contribution in [0.5, 0.6) is 11.5 Å². The van der Waals surface area contributed by atoms with Gasteiger partial charge in [-0.3, -0.25) is 4.79 Å². The van der Waals surface area contributed by atoms with E-state index in [4.69, 9.17) is 14.6 Å². The van der Waals surface area contributed by atoms with E-state index in [9.17, 15) is 4.79 Å². The zero-order valence-corrected chi connectivity index (χ0v) is 12.7. The van der Waals surface area contributed by atoms with Crippen LogP contribution in [-0.4, -0.2) is 30.5 Å². The van der Waals surface area contributed by atoms with E-state index >= 15 is 0 Å². The molecular weight excluding hydrogens is 282 g/mol. The standard InChI is InChI=1S/C17H21NO4/c1-16(15(19)20)7-12(8-16)18-9-17(4-5-17)11-2-3-13-14(6-11)22-10-21-13/h2-3,6,12,18H,4-5,7-10H2,1H3,(H,19,20). The minimum absolute atomic E-state index is 0.191. The summed E-state index contributed by atoms with van der Waals surface area (Å²) in [6, 6.07) is 6.54. The molecule has 0 aromatic heterocycles. The highest BCUT2D eigenvalue weighted by atomic mass is 16.7. The maximum absolute atomic E-state index is 11.1. The smallest absolute Gasteiger partial charge is 0.309 e. The lowest BCUT2D eigenvalue weighted by Gasteiger charge is -2.42. The van der Waals surface area contributed by atoms with Gasteiger partial charge < -0.3 is 19.9 Å². The first kappa shape index (κ1) is 13.9. The fraction of sp³-hybridized carbons (Fsp3) is 0.588. The predicted molar refractivity (Wildman–Crippen MR) is 80.2 cm³/mol. The van der Waals surface area contributed by atoms with Crippen LogP contribution in [0.2, 0.25) is 0 Å². The Balaban J connectivity index is 1.38. The summed E-state index contributed by atoms with van der Waals surface area (Å²) >= 11 is 0. The number of hydrogen-bond donors (Lipinski definition) is 2. The van der Waals surface area contributed by atoms with Crippen molar-refractivity contribution in [3.8, 4) is 11.5 Å². The molecule has 22 heavy (non-hydrogen) atoms. The molecule has 2 aliphatic carbocycles. The van der Waals surface area contributed by atoms with Crippen molar-refractivity contribution in [1.82, 2.24) is 5.32 Å². The first-order valence-electron chi connectivity index (χ1n) is 7.88. The summed E-state index contributed by atoms with van der Waals surface area (Å²) in [7, 11) is 0. The summed E-state index contributed by atoms with van der Waals surface area (Å²) in [5.41, 5.74) is 0.952. The number of ether oxygens (including phenoxy) is 2. The maximum Gasteiger partial charge on any atom is 0.309 e. The number of carboxylic acids is 1. The third kappa shape index (κ3) is 2.15. The Morgan fingerprint density at radius 1 is 1.32 bits per heavy atom. The molecule has 0 spiro atoms. The van der Waals surface area contributed by atoms with Crippen molar-refractivity contribution in [1.29, 1.82) is 0 Å². The molecule has 0 bridgehead atoms. The second kappa shape index (κ2) is 4.62. The number of carbonyl (C=O) groups is 1. The van der Waals surface area contributed by atoms with Crippen molar-refractivity contribution in [2.24, 2.45) is 5.41 Å². The normalized spacial score (nSPS) is 30.7. The van der Waals surface area contributed by atoms with E-state index in [2.05, 4.69) is 17.4 Å². The van der Waals surface area contributed by atoms with Crippen LogP contribution in [0.3, 0.4) is 0 Å².